The zero-order chi connectivity index (χ0) is 9.26. The smallest absolute Gasteiger partial charge is 0.231 e. The van der Waals surface area contributed by atoms with Crippen molar-refractivity contribution in [1.82, 2.24) is 0 Å². The van der Waals surface area contributed by atoms with E-state index < -0.39 is 5.82 Å². The lowest BCUT2D eigenvalue weighted by Gasteiger charge is -2.03. The summed E-state index contributed by atoms with van der Waals surface area (Å²) < 4.78 is 23.0. The molecule has 4 nitrogen and oxygen atoms in total. The molecule has 1 aromatic rings. The van der Waals surface area contributed by atoms with Gasteiger partial charge in [-0.15, -0.1) is 0 Å². The number of hydrogen-bond acceptors (Lipinski definition) is 4. The SMILES string of the molecule is NOCc1ccc(F)c2c1OCO2. The van der Waals surface area contributed by atoms with Gasteiger partial charge in [-0.25, -0.2) is 10.3 Å². The molecule has 1 aromatic carbocycles. The van der Waals surface area contributed by atoms with E-state index >= 15 is 0 Å². The van der Waals surface area contributed by atoms with Crippen LogP contribution in [0.25, 0.3) is 0 Å². The van der Waals surface area contributed by atoms with Crippen molar-refractivity contribution in [3.05, 3.63) is 23.5 Å². The highest BCUT2D eigenvalue weighted by Crippen LogP contribution is 2.37. The van der Waals surface area contributed by atoms with E-state index in [2.05, 4.69) is 4.84 Å². The maximum atomic E-state index is 13.0. The third-order valence-corrected chi connectivity index (χ3v) is 1.79. The fraction of sp³-hybridized carbons (Fsp3) is 0.250. The van der Waals surface area contributed by atoms with Gasteiger partial charge in [0.15, 0.2) is 11.6 Å². The van der Waals surface area contributed by atoms with Crippen molar-refractivity contribution in [2.45, 2.75) is 6.61 Å². The van der Waals surface area contributed by atoms with E-state index in [1.165, 1.54) is 6.07 Å². The Morgan fingerprint density at radius 2 is 2.15 bits per heavy atom. The summed E-state index contributed by atoms with van der Waals surface area (Å²) in [7, 11) is 0. The summed E-state index contributed by atoms with van der Waals surface area (Å²) in [5.74, 6) is 4.98. The highest BCUT2D eigenvalue weighted by molar-refractivity contribution is 5.48. The number of hydrogen-bond donors (Lipinski definition) is 1. The van der Waals surface area contributed by atoms with Crippen molar-refractivity contribution in [3.8, 4) is 11.5 Å². The van der Waals surface area contributed by atoms with Crippen LogP contribution in [0, 0.1) is 5.82 Å². The summed E-state index contributed by atoms with van der Waals surface area (Å²) >= 11 is 0. The van der Waals surface area contributed by atoms with Gasteiger partial charge in [0.1, 0.15) is 0 Å². The number of ether oxygens (including phenoxy) is 2. The molecule has 2 rings (SSSR count). The normalized spacial score (nSPS) is 13.4. The Morgan fingerprint density at radius 1 is 1.38 bits per heavy atom. The molecule has 0 unspecified atom stereocenters. The standard InChI is InChI=1S/C8H8FNO3/c9-6-2-1-5(3-13-10)7-8(6)12-4-11-7/h1-2H,3-4,10H2. The Bertz CT molecular complexity index is 329. The zero-order valence-corrected chi connectivity index (χ0v) is 6.75. The summed E-state index contributed by atoms with van der Waals surface area (Å²) in [6, 6.07) is 2.84. The van der Waals surface area contributed by atoms with E-state index in [9.17, 15) is 4.39 Å². The van der Waals surface area contributed by atoms with Gasteiger partial charge in [-0.3, -0.25) is 4.84 Å². The highest BCUT2D eigenvalue weighted by Gasteiger charge is 2.21. The van der Waals surface area contributed by atoms with Crippen LogP contribution in [0.2, 0.25) is 0 Å². The first-order valence-corrected chi connectivity index (χ1v) is 3.71. The molecule has 0 aliphatic carbocycles. The Hall–Kier alpha value is -1.33. The van der Waals surface area contributed by atoms with Crippen LogP contribution in [0.5, 0.6) is 11.5 Å². The van der Waals surface area contributed by atoms with Crippen LogP contribution in [-0.2, 0) is 11.4 Å². The second-order valence-electron chi connectivity index (χ2n) is 2.58. The van der Waals surface area contributed by atoms with Crippen LogP contribution in [0.3, 0.4) is 0 Å². The lowest BCUT2D eigenvalue weighted by molar-refractivity contribution is 0.120. The van der Waals surface area contributed by atoms with Gasteiger partial charge in [0.2, 0.25) is 12.5 Å². The molecule has 0 saturated heterocycles. The first-order valence-electron chi connectivity index (χ1n) is 3.71. The van der Waals surface area contributed by atoms with E-state index in [0.29, 0.717) is 11.3 Å². The molecule has 5 heteroatoms. The molecule has 0 fully saturated rings. The van der Waals surface area contributed by atoms with Crippen molar-refractivity contribution in [2.75, 3.05) is 6.79 Å². The summed E-state index contributed by atoms with van der Waals surface area (Å²) in [6.45, 7) is 0.208. The molecule has 0 saturated carbocycles. The van der Waals surface area contributed by atoms with E-state index in [-0.39, 0.29) is 19.1 Å². The van der Waals surface area contributed by atoms with Gasteiger partial charge in [-0.2, -0.15) is 0 Å². The molecule has 1 aliphatic rings. The molecule has 0 spiro atoms. The molecule has 1 aliphatic heterocycles. The first kappa shape index (κ1) is 8.28. The van der Waals surface area contributed by atoms with Crippen LogP contribution < -0.4 is 15.4 Å². The summed E-state index contributed by atoms with van der Waals surface area (Å²) in [5.41, 5.74) is 0.677. The monoisotopic (exact) mass is 185 g/mol. The third-order valence-electron chi connectivity index (χ3n) is 1.79. The van der Waals surface area contributed by atoms with E-state index in [0.717, 1.165) is 0 Å². The van der Waals surface area contributed by atoms with Gasteiger partial charge in [0.25, 0.3) is 0 Å². The maximum absolute atomic E-state index is 13.0. The maximum Gasteiger partial charge on any atom is 0.231 e. The average molecular weight is 185 g/mol. The molecule has 0 aromatic heterocycles. The van der Waals surface area contributed by atoms with Crippen LogP contribution in [0.15, 0.2) is 12.1 Å². The van der Waals surface area contributed by atoms with E-state index in [1.807, 2.05) is 0 Å². The minimum absolute atomic E-state index is 0.0356. The minimum Gasteiger partial charge on any atom is -0.453 e. The van der Waals surface area contributed by atoms with Crippen LogP contribution >= 0.6 is 0 Å². The fourth-order valence-corrected chi connectivity index (χ4v) is 1.22. The lowest BCUT2D eigenvalue weighted by Crippen LogP contribution is -2.00. The minimum atomic E-state index is -0.437. The molecule has 0 amide bonds. The Morgan fingerprint density at radius 3 is 2.92 bits per heavy atom. The second kappa shape index (κ2) is 3.20. The van der Waals surface area contributed by atoms with Gasteiger partial charge in [-0.1, -0.05) is 0 Å². The van der Waals surface area contributed by atoms with Crippen LogP contribution in [0.4, 0.5) is 4.39 Å². The van der Waals surface area contributed by atoms with Gasteiger partial charge < -0.3 is 9.47 Å². The van der Waals surface area contributed by atoms with Gasteiger partial charge in [0.05, 0.1) is 6.61 Å². The molecular weight excluding hydrogens is 177 g/mol. The highest BCUT2D eigenvalue weighted by atomic mass is 19.1. The summed E-state index contributed by atoms with van der Waals surface area (Å²) in [5, 5.41) is 0. The molecule has 2 N–H and O–H groups in total. The van der Waals surface area contributed by atoms with E-state index in [4.69, 9.17) is 15.4 Å². The molecule has 13 heavy (non-hydrogen) atoms. The molecule has 0 atom stereocenters. The van der Waals surface area contributed by atoms with Crippen LogP contribution in [0.1, 0.15) is 5.56 Å². The largest absolute Gasteiger partial charge is 0.453 e. The molecule has 1 heterocycles. The summed E-state index contributed by atoms with van der Waals surface area (Å²) in [6.07, 6.45) is 0. The topological polar surface area (TPSA) is 53.7 Å². The molecule has 0 radical (unpaired) electrons. The van der Waals surface area contributed by atoms with Gasteiger partial charge in [0, 0.05) is 5.56 Å². The Labute approximate surface area is 74.0 Å². The summed E-state index contributed by atoms with van der Waals surface area (Å²) in [4.78, 5) is 4.44. The molecule has 0 bridgehead atoms. The van der Waals surface area contributed by atoms with Crippen LogP contribution in [-0.4, -0.2) is 6.79 Å². The number of halogens is 1. The first-order chi connectivity index (χ1) is 6.33. The van der Waals surface area contributed by atoms with E-state index in [1.54, 1.807) is 6.07 Å². The van der Waals surface area contributed by atoms with Crippen molar-refractivity contribution >= 4 is 0 Å². The number of rotatable bonds is 2. The Kier molecular flexibility index (Phi) is 2.03. The van der Waals surface area contributed by atoms with Crippen molar-refractivity contribution in [3.63, 3.8) is 0 Å². The van der Waals surface area contributed by atoms with Gasteiger partial charge >= 0.3 is 0 Å². The van der Waals surface area contributed by atoms with Crippen molar-refractivity contribution in [1.29, 1.82) is 0 Å². The average Bonchev–Trinajstić information content (AvgIpc) is 2.59. The lowest BCUT2D eigenvalue weighted by atomic mass is 10.2. The predicted molar refractivity (Wildman–Crippen MR) is 41.5 cm³/mol. The van der Waals surface area contributed by atoms with Crippen molar-refractivity contribution in [2.24, 2.45) is 5.90 Å². The Balaban J connectivity index is 2.43. The fourth-order valence-electron chi connectivity index (χ4n) is 1.22. The molecule has 70 valence electrons. The third kappa shape index (κ3) is 1.32. The number of nitrogens with two attached hydrogens (primary N) is 1. The van der Waals surface area contributed by atoms with Crippen molar-refractivity contribution < 1.29 is 18.7 Å². The zero-order valence-electron chi connectivity index (χ0n) is 6.75. The number of benzene rings is 1. The van der Waals surface area contributed by atoms with Gasteiger partial charge in [-0.05, 0) is 12.1 Å². The number of fused-ring (bicyclic) bond motifs is 1. The quantitative estimate of drug-likeness (QED) is 0.697. The predicted octanol–water partition coefficient (Wildman–Crippen LogP) is 0.945. The second-order valence-corrected chi connectivity index (χ2v) is 2.58. The molecular formula is C8H8FNO3.